The third-order valence-corrected chi connectivity index (χ3v) is 4.19. The second-order valence-electron chi connectivity index (χ2n) is 5.41. The summed E-state index contributed by atoms with van der Waals surface area (Å²) in [4.78, 5) is 7.12. The summed E-state index contributed by atoms with van der Waals surface area (Å²) in [6, 6.07) is 11.2. The zero-order chi connectivity index (χ0) is 13.2. The van der Waals surface area contributed by atoms with Crippen LogP contribution in [0.5, 0.6) is 0 Å². The summed E-state index contributed by atoms with van der Waals surface area (Å²) in [6.07, 6.45) is 5.23. The lowest BCUT2D eigenvalue weighted by atomic mass is 10.1. The van der Waals surface area contributed by atoms with Crippen molar-refractivity contribution in [3.05, 3.63) is 36.0 Å². The standard InChI is InChI=1S/C16H21N3/c1-19(14-7-3-4-8-14)16-15-9-5-2-6-12(15)10-13(11-17)18-16/h2,5-6,9-10,14H,3-4,7-8,11,17H2,1H3. The summed E-state index contributed by atoms with van der Waals surface area (Å²) in [5.41, 5.74) is 6.75. The van der Waals surface area contributed by atoms with Crippen molar-refractivity contribution in [1.29, 1.82) is 0 Å². The Hall–Kier alpha value is -1.61. The van der Waals surface area contributed by atoms with Crippen molar-refractivity contribution in [2.24, 2.45) is 5.73 Å². The summed E-state index contributed by atoms with van der Waals surface area (Å²) in [7, 11) is 2.17. The number of hydrogen-bond donors (Lipinski definition) is 1. The van der Waals surface area contributed by atoms with Crippen molar-refractivity contribution < 1.29 is 0 Å². The van der Waals surface area contributed by atoms with Crippen LogP contribution in [0, 0.1) is 0 Å². The summed E-state index contributed by atoms with van der Waals surface area (Å²) in [6.45, 7) is 0.496. The van der Waals surface area contributed by atoms with Gasteiger partial charge in [0.15, 0.2) is 0 Å². The van der Waals surface area contributed by atoms with E-state index in [1.165, 1.54) is 36.5 Å². The first-order valence-electron chi connectivity index (χ1n) is 7.11. The topological polar surface area (TPSA) is 42.2 Å². The van der Waals surface area contributed by atoms with Gasteiger partial charge in [0.05, 0.1) is 5.69 Å². The first-order valence-corrected chi connectivity index (χ1v) is 7.11. The number of benzene rings is 1. The van der Waals surface area contributed by atoms with E-state index in [1.807, 2.05) is 0 Å². The van der Waals surface area contributed by atoms with Crippen LogP contribution in [0.4, 0.5) is 5.82 Å². The van der Waals surface area contributed by atoms with E-state index < -0.39 is 0 Å². The highest BCUT2D eigenvalue weighted by atomic mass is 15.2. The molecule has 0 saturated heterocycles. The first kappa shape index (κ1) is 12.4. The highest BCUT2D eigenvalue weighted by Gasteiger charge is 2.22. The first-order chi connectivity index (χ1) is 9.29. The molecule has 1 fully saturated rings. The van der Waals surface area contributed by atoms with E-state index in [2.05, 4.69) is 42.3 Å². The average Bonchev–Trinajstić information content (AvgIpc) is 2.99. The monoisotopic (exact) mass is 255 g/mol. The Labute approximate surface area is 114 Å². The summed E-state index contributed by atoms with van der Waals surface area (Å²) >= 11 is 0. The zero-order valence-corrected chi connectivity index (χ0v) is 11.5. The Morgan fingerprint density at radius 1 is 1.26 bits per heavy atom. The predicted molar refractivity (Wildman–Crippen MR) is 80.3 cm³/mol. The van der Waals surface area contributed by atoms with Crippen molar-refractivity contribution in [2.45, 2.75) is 38.3 Å². The average molecular weight is 255 g/mol. The number of nitrogens with zero attached hydrogens (tertiary/aromatic N) is 2. The number of nitrogens with two attached hydrogens (primary N) is 1. The van der Waals surface area contributed by atoms with Crippen LogP contribution in [0.3, 0.4) is 0 Å². The molecule has 0 radical (unpaired) electrons. The van der Waals surface area contributed by atoms with Gasteiger partial charge in [0, 0.05) is 25.0 Å². The number of pyridine rings is 1. The Balaban J connectivity index is 2.09. The van der Waals surface area contributed by atoms with Crippen LogP contribution in [-0.2, 0) is 6.54 Å². The van der Waals surface area contributed by atoms with Gasteiger partial charge in [-0.15, -0.1) is 0 Å². The number of fused-ring (bicyclic) bond motifs is 1. The van der Waals surface area contributed by atoms with Crippen molar-refractivity contribution >= 4 is 16.6 Å². The quantitative estimate of drug-likeness (QED) is 0.916. The van der Waals surface area contributed by atoms with Crippen LogP contribution < -0.4 is 10.6 Å². The van der Waals surface area contributed by atoms with Gasteiger partial charge in [-0.3, -0.25) is 0 Å². The SMILES string of the molecule is CN(c1nc(CN)cc2ccccc12)C1CCCC1. The van der Waals surface area contributed by atoms with Gasteiger partial charge in [0.2, 0.25) is 0 Å². The minimum absolute atomic E-state index is 0.496. The molecule has 0 spiro atoms. The molecule has 0 amide bonds. The Bertz CT molecular complexity index is 573. The normalized spacial score (nSPS) is 16.1. The Morgan fingerprint density at radius 3 is 2.74 bits per heavy atom. The molecule has 1 heterocycles. The van der Waals surface area contributed by atoms with E-state index >= 15 is 0 Å². The van der Waals surface area contributed by atoms with Gasteiger partial charge in [-0.25, -0.2) is 4.98 Å². The molecular weight excluding hydrogens is 234 g/mol. The molecule has 19 heavy (non-hydrogen) atoms. The maximum Gasteiger partial charge on any atom is 0.136 e. The number of hydrogen-bond acceptors (Lipinski definition) is 3. The second-order valence-corrected chi connectivity index (χ2v) is 5.41. The van der Waals surface area contributed by atoms with Gasteiger partial charge in [-0.05, 0) is 24.3 Å². The fourth-order valence-corrected chi connectivity index (χ4v) is 3.07. The summed E-state index contributed by atoms with van der Waals surface area (Å²) < 4.78 is 0. The molecule has 3 nitrogen and oxygen atoms in total. The molecule has 1 aliphatic rings. The third-order valence-electron chi connectivity index (χ3n) is 4.19. The summed E-state index contributed by atoms with van der Waals surface area (Å²) in [5.74, 6) is 1.09. The molecule has 2 N–H and O–H groups in total. The molecule has 0 atom stereocenters. The van der Waals surface area contributed by atoms with E-state index in [9.17, 15) is 0 Å². The van der Waals surface area contributed by atoms with E-state index in [-0.39, 0.29) is 0 Å². The molecule has 3 rings (SSSR count). The molecule has 1 aromatic heterocycles. The number of rotatable bonds is 3. The van der Waals surface area contributed by atoms with Gasteiger partial charge in [0.25, 0.3) is 0 Å². The van der Waals surface area contributed by atoms with E-state index in [1.54, 1.807) is 0 Å². The number of aromatic nitrogens is 1. The van der Waals surface area contributed by atoms with Gasteiger partial charge < -0.3 is 10.6 Å². The smallest absolute Gasteiger partial charge is 0.136 e. The van der Waals surface area contributed by atoms with E-state index in [0.717, 1.165) is 11.5 Å². The second kappa shape index (κ2) is 5.17. The molecule has 100 valence electrons. The van der Waals surface area contributed by atoms with Gasteiger partial charge >= 0.3 is 0 Å². The van der Waals surface area contributed by atoms with Crippen molar-refractivity contribution in [3.63, 3.8) is 0 Å². The van der Waals surface area contributed by atoms with Crippen LogP contribution in [0.15, 0.2) is 30.3 Å². The van der Waals surface area contributed by atoms with Crippen LogP contribution >= 0.6 is 0 Å². The summed E-state index contributed by atoms with van der Waals surface area (Å²) in [5, 5.41) is 2.46. The highest BCUT2D eigenvalue weighted by molar-refractivity contribution is 5.92. The zero-order valence-electron chi connectivity index (χ0n) is 11.5. The van der Waals surface area contributed by atoms with Crippen LogP contribution in [0.1, 0.15) is 31.4 Å². The molecule has 3 heteroatoms. The molecule has 1 saturated carbocycles. The Kier molecular flexibility index (Phi) is 3.38. The minimum Gasteiger partial charge on any atom is -0.356 e. The Morgan fingerprint density at radius 2 is 2.00 bits per heavy atom. The van der Waals surface area contributed by atoms with E-state index in [0.29, 0.717) is 12.6 Å². The van der Waals surface area contributed by atoms with Crippen LogP contribution in [0.2, 0.25) is 0 Å². The highest BCUT2D eigenvalue weighted by Crippen LogP contribution is 2.31. The minimum atomic E-state index is 0.496. The van der Waals surface area contributed by atoms with E-state index in [4.69, 9.17) is 10.7 Å². The maximum absolute atomic E-state index is 5.78. The fourth-order valence-electron chi connectivity index (χ4n) is 3.07. The maximum atomic E-state index is 5.78. The third kappa shape index (κ3) is 2.30. The molecule has 1 aliphatic carbocycles. The van der Waals surface area contributed by atoms with Crippen molar-refractivity contribution in [3.8, 4) is 0 Å². The lowest BCUT2D eigenvalue weighted by Crippen LogP contribution is -2.30. The molecule has 1 aromatic carbocycles. The van der Waals surface area contributed by atoms with Crippen molar-refractivity contribution in [1.82, 2.24) is 4.98 Å². The molecule has 0 unspecified atom stereocenters. The lowest BCUT2D eigenvalue weighted by Gasteiger charge is -2.27. The van der Waals surface area contributed by atoms with Gasteiger partial charge in [-0.1, -0.05) is 37.1 Å². The van der Waals surface area contributed by atoms with Crippen LogP contribution in [0.25, 0.3) is 10.8 Å². The van der Waals surface area contributed by atoms with Crippen molar-refractivity contribution in [2.75, 3.05) is 11.9 Å². The predicted octanol–water partition coefficient (Wildman–Crippen LogP) is 3.07. The fraction of sp³-hybridized carbons (Fsp3) is 0.438. The number of anilines is 1. The molecule has 0 bridgehead atoms. The molecule has 0 aliphatic heterocycles. The molecule has 2 aromatic rings. The van der Waals surface area contributed by atoms with Gasteiger partial charge in [-0.2, -0.15) is 0 Å². The van der Waals surface area contributed by atoms with Gasteiger partial charge in [0.1, 0.15) is 5.82 Å². The largest absolute Gasteiger partial charge is 0.356 e. The lowest BCUT2D eigenvalue weighted by molar-refractivity contribution is 0.647. The van der Waals surface area contributed by atoms with Crippen LogP contribution in [-0.4, -0.2) is 18.1 Å². The molecular formula is C16H21N3.